The van der Waals surface area contributed by atoms with Gasteiger partial charge in [-0.05, 0) is 46.9 Å². The fourth-order valence-electron chi connectivity index (χ4n) is 1.83. The fraction of sp³-hybridized carbons (Fsp3) is 0. The van der Waals surface area contributed by atoms with E-state index in [-0.39, 0.29) is 5.56 Å². The van der Waals surface area contributed by atoms with Gasteiger partial charge in [0, 0.05) is 20.7 Å². The van der Waals surface area contributed by atoms with Gasteiger partial charge in [0.1, 0.15) is 5.01 Å². The molecule has 0 spiro atoms. The molecular formula is C15H9IN2O2S. The van der Waals surface area contributed by atoms with E-state index in [0.717, 1.165) is 11.3 Å². The Morgan fingerprint density at radius 1 is 1.14 bits per heavy atom. The lowest BCUT2D eigenvalue weighted by atomic mass is 10.2. The van der Waals surface area contributed by atoms with Crippen LogP contribution in [0.25, 0.3) is 22.0 Å². The molecule has 0 saturated carbocycles. The summed E-state index contributed by atoms with van der Waals surface area (Å²) in [5, 5.41) is 11.7. The Morgan fingerprint density at radius 3 is 2.62 bits per heavy atom. The summed E-state index contributed by atoms with van der Waals surface area (Å²) in [4.78, 5) is 19.7. The molecule has 0 aliphatic heterocycles. The summed E-state index contributed by atoms with van der Waals surface area (Å²) in [6.45, 7) is 0. The minimum Gasteiger partial charge on any atom is -0.478 e. The molecule has 0 aliphatic carbocycles. The van der Waals surface area contributed by atoms with Crippen molar-refractivity contribution in [1.82, 2.24) is 9.97 Å². The van der Waals surface area contributed by atoms with Crippen LogP contribution in [0.15, 0.2) is 48.0 Å². The van der Waals surface area contributed by atoms with Crippen molar-refractivity contribution in [3.8, 4) is 22.0 Å². The summed E-state index contributed by atoms with van der Waals surface area (Å²) in [6.07, 6.45) is 1.49. The lowest BCUT2D eigenvalue weighted by molar-refractivity contribution is 0.0697. The van der Waals surface area contributed by atoms with Crippen LogP contribution in [0.5, 0.6) is 0 Å². The number of aromatic nitrogens is 2. The molecule has 0 radical (unpaired) electrons. The first-order valence-electron chi connectivity index (χ1n) is 6.04. The van der Waals surface area contributed by atoms with Crippen LogP contribution in [0.2, 0.25) is 0 Å². The third-order valence-electron chi connectivity index (χ3n) is 2.87. The van der Waals surface area contributed by atoms with Gasteiger partial charge in [0.2, 0.25) is 0 Å². The number of benzene rings is 1. The van der Waals surface area contributed by atoms with Gasteiger partial charge in [-0.2, -0.15) is 0 Å². The van der Waals surface area contributed by atoms with Gasteiger partial charge < -0.3 is 5.11 Å². The van der Waals surface area contributed by atoms with Crippen LogP contribution in [-0.4, -0.2) is 21.0 Å². The highest BCUT2D eigenvalue weighted by molar-refractivity contribution is 14.1. The normalized spacial score (nSPS) is 10.5. The van der Waals surface area contributed by atoms with Crippen molar-refractivity contribution >= 4 is 39.9 Å². The standard InChI is InChI=1S/C15H9IN2O2S/c16-11-3-1-9(2-4-11)13-8-21-14(18-13)12-7-10(15(19)20)5-6-17-12/h1-8H,(H,19,20). The number of hydrogen-bond acceptors (Lipinski definition) is 4. The largest absolute Gasteiger partial charge is 0.478 e. The van der Waals surface area contributed by atoms with Gasteiger partial charge in [-0.1, -0.05) is 12.1 Å². The predicted octanol–water partition coefficient (Wildman–Crippen LogP) is 4.17. The van der Waals surface area contributed by atoms with Crippen molar-refractivity contribution in [3.63, 3.8) is 0 Å². The Bertz CT molecular complexity index is 799. The molecule has 4 nitrogen and oxygen atoms in total. The lowest BCUT2D eigenvalue weighted by Gasteiger charge is -1.98. The number of carboxylic acids is 1. The van der Waals surface area contributed by atoms with Crippen LogP contribution < -0.4 is 0 Å². The molecule has 3 rings (SSSR count). The van der Waals surface area contributed by atoms with Crippen molar-refractivity contribution in [2.45, 2.75) is 0 Å². The van der Waals surface area contributed by atoms with Crippen LogP contribution >= 0.6 is 33.9 Å². The molecule has 3 aromatic rings. The first kappa shape index (κ1) is 14.2. The summed E-state index contributed by atoms with van der Waals surface area (Å²) < 4.78 is 1.17. The monoisotopic (exact) mass is 408 g/mol. The van der Waals surface area contributed by atoms with Gasteiger partial charge in [0.25, 0.3) is 0 Å². The minimum atomic E-state index is -0.965. The molecule has 0 atom stereocenters. The lowest BCUT2D eigenvalue weighted by Crippen LogP contribution is -1.97. The van der Waals surface area contributed by atoms with Crippen LogP contribution in [0, 0.1) is 3.57 Å². The van der Waals surface area contributed by atoms with Gasteiger partial charge in [-0.15, -0.1) is 11.3 Å². The third-order valence-corrected chi connectivity index (χ3v) is 4.45. The fourth-order valence-corrected chi connectivity index (χ4v) is 2.98. The number of aromatic carboxylic acids is 1. The molecule has 21 heavy (non-hydrogen) atoms. The second-order valence-corrected chi connectivity index (χ2v) is 6.38. The summed E-state index contributed by atoms with van der Waals surface area (Å²) >= 11 is 3.71. The highest BCUT2D eigenvalue weighted by Crippen LogP contribution is 2.28. The number of hydrogen-bond donors (Lipinski definition) is 1. The Kier molecular flexibility index (Phi) is 3.98. The van der Waals surface area contributed by atoms with E-state index in [9.17, 15) is 4.79 Å². The molecule has 1 aromatic carbocycles. The second-order valence-electron chi connectivity index (χ2n) is 4.28. The van der Waals surface area contributed by atoms with Gasteiger partial charge in [0.15, 0.2) is 0 Å². The number of thiazole rings is 1. The van der Waals surface area contributed by atoms with E-state index in [1.807, 2.05) is 29.6 Å². The van der Waals surface area contributed by atoms with Crippen molar-refractivity contribution in [2.24, 2.45) is 0 Å². The molecule has 6 heteroatoms. The van der Waals surface area contributed by atoms with E-state index in [1.165, 1.54) is 27.2 Å². The van der Waals surface area contributed by atoms with Crippen LogP contribution in [0.3, 0.4) is 0 Å². The second kappa shape index (κ2) is 5.90. The number of rotatable bonds is 3. The molecule has 0 bridgehead atoms. The molecular weight excluding hydrogens is 399 g/mol. The van der Waals surface area contributed by atoms with Crippen molar-refractivity contribution in [3.05, 3.63) is 57.1 Å². The van der Waals surface area contributed by atoms with E-state index in [1.54, 1.807) is 6.07 Å². The van der Waals surface area contributed by atoms with Gasteiger partial charge in [-0.3, -0.25) is 4.98 Å². The smallest absolute Gasteiger partial charge is 0.335 e. The summed E-state index contributed by atoms with van der Waals surface area (Å²) in [6, 6.07) is 11.1. The van der Waals surface area contributed by atoms with E-state index in [2.05, 4.69) is 32.6 Å². The van der Waals surface area contributed by atoms with Crippen molar-refractivity contribution in [2.75, 3.05) is 0 Å². The van der Waals surface area contributed by atoms with Gasteiger partial charge in [-0.25, -0.2) is 9.78 Å². The molecule has 0 unspecified atom stereocenters. The molecule has 2 heterocycles. The topological polar surface area (TPSA) is 63.1 Å². The van der Waals surface area contributed by atoms with E-state index >= 15 is 0 Å². The summed E-state index contributed by atoms with van der Waals surface area (Å²) in [7, 11) is 0. The molecule has 104 valence electrons. The van der Waals surface area contributed by atoms with Crippen LogP contribution in [0.4, 0.5) is 0 Å². The molecule has 0 aliphatic rings. The number of carboxylic acid groups (broad SMARTS) is 1. The Balaban J connectivity index is 1.96. The van der Waals surface area contributed by atoms with Crippen LogP contribution in [0.1, 0.15) is 10.4 Å². The first-order valence-corrected chi connectivity index (χ1v) is 8.00. The maximum atomic E-state index is 11.0. The van der Waals surface area contributed by atoms with Crippen molar-refractivity contribution in [1.29, 1.82) is 0 Å². The molecule has 1 N–H and O–H groups in total. The number of pyridine rings is 1. The SMILES string of the molecule is O=C(O)c1ccnc(-c2nc(-c3ccc(I)cc3)cs2)c1. The molecule has 2 aromatic heterocycles. The molecule has 0 fully saturated rings. The van der Waals surface area contributed by atoms with Crippen molar-refractivity contribution < 1.29 is 9.90 Å². The minimum absolute atomic E-state index is 0.214. The Hall–Kier alpha value is -1.80. The average Bonchev–Trinajstić information content (AvgIpc) is 2.98. The van der Waals surface area contributed by atoms with Crippen LogP contribution in [-0.2, 0) is 0 Å². The third kappa shape index (κ3) is 3.11. The zero-order valence-corrected chi connectivity index (χ0v) is 13.6. The Labute approximate surface area is 138 Å². The van der Waals surface area contributed by atoms with E-state index in [0.29, 0.717) is 10.7 Å². The number of carbonyl (C=O) groups is 1. The first-order chi connectivity index (χ1) is 10.1. The number of halogens is 1. The number of nitrogens with zero attached hydrogens (tertiary/aromatic N) is 2. The van der Waals surface area contributed by atoms with Gasteiger partial charge in [0.05, 0.1) is 17.0 Å². The van der Waals surface area contributed by atoms with Gasteiger partial charge >= 0.3 is 5.97 Å². The molecule has 0 saturated heterocycles. The zero-order valence-electron chi connectivity index (χ0n) is 10.7. The van der Waals surface area contributed by atoms with E-state index in [4.69, 9.17) is 5.11 Å². The summed E-state index contributed by atoms with van der Waals surface area (Å²) in [5.74, 6) is -0.965. The quantitative estimate of drug-likeness (QED) is 0.661. The Morgan fingerprint density at radius 2 is 1.90 bits per heavy atom. The summed E-state index contributed by atoms with van der Waals surface area (Å²) in [5.41, 5.74) is 2.70. The highest BCUT2D eigenvalue weighted by atomic mass is 127. The molecule has 0 amide bonds. The maximum Gasteiger partial charge on any atom is 0.335 e. The maximum absolute atomic E-state index is 11.0. The highest BCUT2D eigenvalue weighted by Gasteiger charge is 2.10. The predicted molar refractivity (Wildman–Crippen MR) is 90.5 cm³/mol. The van der Waals surface area contributed by atoms with E-state index < -0.39 is 5.97 Å². The zero-order chi connectivity index (χ0) is 14.8. The average molecular weight is 408 g/mol.